The molecule has 1 heterocycles. The van der Waals surface area contributed by atoms with Crippen LogP contribution in [0.1, 0.15) is 19.3 Å². The number of piperidine rings is 1. The predicted octanol–water partition coefficient (Wildman–Crippen LogP) is 1.62. The van der Waals surface area contributed by atoms with Crippen molar-refractivity contribution in [2.45, 2.75) is 25.3 Å². The molecule has 1 atom stereocenters. The monoisotopic (exact) mass is 206 g/mol. The fourth-order valence-corrected chi connectivity index (χ4v) is 2.26. The molecule has 1 aliphatic rings. The first-order valence-corrected chi connectivity index (χ1v) is 5.55. The van der Waals surface area contributed by atoms with E-state index in [0.29, 0.717) is 0 Å². The number of nitrogens with two attached hydrogens (primary N) is 1. The van der Waals surface area contributed by atoms with Gasteiger partial charge in [-0.1, -0.05) is 12.1 Å². The lowest BCUT2D eigenvalue weighted by Gasteiger charge is -2.37. The molecule has 0 bridgehead atoms. The highest BCUT2D eigenvalue weighted by molar-refractivity contribution is 5.67. The van der Waals surface area contributed by atoms with Gasteiger partial charge in [0.2, 0.25) is 0 Å². The Morgan fingerprint density at radius 1 is 1.33 bits per heavy atom. The van der Waals surface area contributed by atoms with Crippen LogP contribution in [-0.2, 0) is 0 Å². The summed E-state index contributed by atoms with van der Waals surface area (Å²) in [6.45, 7) is 1.22. The molecule has 3 nitrogen and oxygen atoms in total. The number of nitrogens with zero attached hydrogens (tertiary/aromatic N) is 1. The van der Waals surface area contributed by atoms with Crippen molar-refractivity contribution in [3.63, 3.8) is 0 Å². The number of hydrogen-bond acceptors (Lipinski definition) is 3. The SMILES string of the molecule is Nc1ccccc1N1CCCC[C@H]1CO. The van der Waals surface area contributed by atoms with Gasteiger partial charge >= 0.3 is 0 Å². The highest BCUT2D eigenvalue weighted by Crippen LogP contribution is 2.28. The first-order valence-electron chi connectivity index (χ1n) is 5.55. The summed E-state index contributed by atoms with van der Waals surface area (Å²) in [6.07, 6.45) is 3.45. The summed E-state index contributed by atoms with van der Waals surface area (Å²) in [6, 6.07) is 8.12. The normalized spacial score (nSPS) is 21.7. The van der Waals surface area contributed by atoms with E-state index in [2.05, 4.69) is 4.90 Å². The minimum atomic E-state index is 0.217. The Kier molecular flexibility index (Phi) is 3.11. The van der Waals surface area contributed by atoms with Crippen molar-refractivity contribution >= 4 is 11.4 Å². The Labute approximate surface area is 90.5 Å². The van der Waals surface area contributed by atoms with Crippen LogP contribution in [0.5, 0.6) is 0 Å². The molecule has 1 fully saturated rings. The molecule has 0 unspecified atom stereocenters. The molecule has 0 spiro atoms. The second-order valence-electron chi connectivity index (χ2n) is 4.08. The largest absolute Gasteiger partial charge is 0.397 e. The quantitative estimate of drug-likeness (QED) is 0.723. The van der Waals surface area contributed by atoms with E-state index < -0.39 is 0 Å². The molecular formula is C12H18N2O. The average Bonchev–Trinajstić information content (AvgIpc) is 2.30. The van der Waals surface area contributed by atoms with Crippen LogP contribution in [0.15, 0.2) is 24.3 Å². The van der Waals surface area contributed by atoms with E-state index >= 15 is 0 Å². The van der Waals surface area contributed by atoms with Crippen LogP contribution in [0.3, 0.4) is 0 Å². The van der Waals surface area contributed by atoms with Crippen molar-refractivity contribution in [3.8, 4) is 0 Å². The molecule has 15 heavy (non-hydrogen) atoms. The number of rotatable bonds is 2. The van der Waals surface area contributed by atoms with Crippen molar-refractivity contribution in [2.24, 2.45) is 0 Å². The molecular weight excluding hydrogens is 188 g/mol. The summed E-state index contributed by atoms with van der Waals surface area (Å²) in [7, 11) is 0. The van der Waals surface area contributed by atoms with E-state index in [1.807, 2.05) is 24.3 Å². The van der Waals surface area contributed by atoms with E-state index in [-0.39, 0.29) is 12.6 Å². The van der Waals surface area contributed by atoms with E-state index in [4.69, 9.17) is 5.73 Å². The van der Waals surface area contributed by atoms with E-state index in [0.717, 1.165) is 24.3 Å². The number of nitrogen functional groups attached to an aromatic ring is 1. The van der Waals surface area contributed by atoms with Gasteiger partial charge in [0, 0.05) is 6.54 Å². The van der Waals surface area contributed by atoms with Crippen molar-refractivity contribution in [3.05, 3.63) is 24.3 Å². The molecule has 0 aromatic heterocycles. The van der Waals surface area contributed by atoms with E-state index in [1.54, 1.807) is 0 Å². The van der Waals surface area contributed by atoms with Crippen LogP contribution in [-0.4, -0.2) is 24.3 Å². The maximum atomic E-state index is 9.33. The second kappa shape index (κ2) is 4.53. The van der Waals surface area contributed by atoms with Gasteiger partial charge in [-0.05, 0) is 31.4 Å². The second-order valence-corrected chi connectivity index (χ2v) is 4.08. The Morgan fingerprint density at radius 3 is 2.87 bits per heavy atom. The molecule has 3 N–H and O–H groups in total. The molecule has 0 aliphatic carbocycles. The van der Waals surface area contributed by atoms with Gasteiger partial charge < -0.3 is 15.7 Å². The molecule has 1 aliphatic heterocycles. The predicted molar refractivity (Wildman–Crippen MR) is 62.9 cm³/mol. The van der Waals surface area contributed by atoms with Crippen LogP contribution in [0, 0.1) is 0 Å². The lowest BCUT2D eigenvalue weighted by molar-refractivity contribution is 0.240. The van der Waals surface area contributed by atoms with Gasteiger partial charge in [0.25, 0.3) is 0 Å². The van der Waals surface area contributed by atoms with Gasteiger partial charge in [-0.25, -0.2) is 0 Å². The molecule has 0 radical (unpaired) electrons. The third kappa shape index (κ3) is 2.07. The van der Waals surface area contributed by atoms with Crippen LogP contribution >= 0.6 is 0 Å². The molecule has 3 heteroatoms. The third-order valence-corrected chi connectivity index (χ3v) is 3.08. The molecule has 0 amide bonds. The van der Waals surface area contributed by atoms with Gasteiger partial charge in [0.1, 0.15) is 0 Å². The number of hydrogen-bond donors (Lipinski definition) is 2. The summed E-state index contributed by atoms with van der Waals surface area (Å²) in [4.78, 5) is 2.23. The van der Waals surface area contributed by atoms with Crippen LogP contribution in [0.4, 0.5) is 11.4 Å². The zero-order valence-corrected chi connectivity index (χ0v) is 8.89. The first-order chi connectivity index (χ1) is 7.33. The Bertz CT molecular complexity index is 327. The summed E-state index contributed by atoms with van der Waals surface area (Å²) >= 11 is 0. The zero-order valence-electron chi connectivity index (χ0n) is 8.89. The van der Waals surface area contributed by atoms with Gasteiger partial charge in [-0.3, -0.25) is 0 Å². The van der Waals surface area contributed by atoms with Crippen LogP contribution in [0.25, 0.3) is 0 Å². The Balaban J connectivity index is 2.24. The summed E-state index contributed by atoms with van der Waals surface area (Å²) in [5.41, 5.74) is 7.81. The van der Waals surface area contributed by atoms with Crippen molar-refractivity contribution in [1.29, 1.82) is 0 Å². The average molecular weight is 206 g/mol. The van der Waals surface area contributed by atoms with Crippen LogP contribution in [0.2, 0.25) is 0 Å². The number of para-hydroxylation sites is 2. The number of aliphatic hydroxyl groups excluding tert-OH is 1. The van der Waals surface area contributed by atoms with Gasteiger partial charge in [0.05, 0.1) is 24.0 Å². The molecule has 1 saturated heterocycles. The maximum absolute atomic E-state index is 9.33. The molecule has 82 valence electrons. The fraction of sp³-hybridized carbons (Fsp3) is 0.500. The minimum absolute atomic E-state index is 0.217. The standard InChI is InChI=1S/C12H18N2O/c13-11-6-1-2-7-12(11)14-8-4-3-5-10(14)9-15/h1-2,6-7,10,15H,3-5,8-9,13H2/t10-/m0/s1. The topological polar surface area (TPSA) is 49.5 Å². The number of aliphatic hydroxyl groups is 1. The lowest BCUT2D eigenvalue weighted by Crippen LogP contribution is -2.42. The van der Waals surface area contributed by atoms with E-state index in [1.165, 1.54) is 12.8 Å². The Morgan fingerprint density at radius 2 is 2.13 bits per heavy atom. The maximum Gasteiger partial charge on any atom is 0.0635 e. The highest BCUT2D eigenvalue weighted by atomic mass is 16.3. The third-order valence-electron chi connectivity index (χ3n) is 3.08. The minimum Gasteiger partial charge on any atom is -0.397 e. The van der Waals surface area contributed by atoms with E-state index in [9.17, 15) is 5.11 Å². The molecule has 0 saturated carbocycles. The van der Waals surface area contributed by atoms with Crippen molar-refractivity contribution in [1.82, 2.24) is 0 Å². The van der Waals surface area contributed by atoms with Crippen molar-refractivity contribution in [2.75, 3.05) is 23.8 Å². The van der Waals surface area contributed by atoms with Gasteiger partial charge in [-0.2, -0.15) is 0 Å². The summed E-state index contributed by atoms with van der Waals surface area (Å²) in [5, 5.41) is 9.33. The van der Waals surface area contributed by atoms with Crippen LogP contribution < -0.4 is 10.6 Å². The summed E-state index contributed by atoms with van der Waals surface area (Å²) < 4.78 is 0. The molecule has 2 rings (SSSR count). The first kappa shape index (κ1) is 10.3. The van der Waals surface area contributed by atoms with Gasteiger partial charge in [0.15, 0.2) is 0 Å². The fourth-order valence-electron chi connectivity index (χ4n) is 2.26. The molecule has 1 aromatic carbocycles. The smallest absolute Gasteiger partial charge is 0.0635 e. The summed E-state index contributed by atoms with van der Waals surface area (Å²) in [5.74, 6) is 0. The number of benzene rings is 1. The zero-order chi connectivity index (χ0) is 10.7. The Hall–Kier alpha value is -1.22. The lowest BCUT2D eigenvalue weighted by atomic mass is 10.0. The van der Waals surface area contributed by atoms with Crippen molar-refractivity contribution < 1.29 is 5.11 Å². The van der Waals surface area contributed by atoms with Gasteiger partial charge in [-0.15, -0.1) is 0 Å². The highest BCUT2D eigenvalue weighted by Gasteiger charge is 2.22. The number of anilines is 2. The molecule has 1 aromatic rings.